The second-order valence-electron chi connectivity index (χ2n) is 4.73. The molecule has 0 bridgehead atoms. The average Bonchev–Trinajstić information content (AvgIpc) is 2.38. The van der Waals surface area contributed by atoms with E-state index in [2.05, 4.69) is 68.6 Å². The van der Waals surface area contributed by atoms with Crippen LogP contribution in [-0.4, -0.2) is 6.54 Å². The highest BCUT2D eigenvalue weighted by molar-refractivity contribution is 5.31. The number of nitrogens with one attached hydrogen (secondary N) is 1. The molecule has 0 aliphatic heterocycles. The van der Waals surface area contributed by atoms with Crippen molar-refractivity contribution in [1.29, 1.82) is 0 Å². The zero-order valence-corrected chi connectivity index (χ0v) is 12.0. The molecule has 1 aromatic rings. The topological polar surface area (TPSA) is 12.0 Å². The van der Waals surface area contributed by atoms with Gasteiger partial charge in [-0.25, -0.2) is 0 Å². The number of aryl methyl sites for hydroxylation is 1. The zero-order chi connectivity index (χ0) is 13.4. The first-order valence-electron chi connectivity index (χ1n) is 6.78. The number of benzene rings is 1. The number of allylic oxidation sites excluding steroid dienone is 3. The first-order chi connectivity index (χ1) is 8.69. The molecule has 1 N–H and O–H groups in total. The van der Waals surface area contributed by atoms with E-state index in [1.807, 2.05) is 6.92 Å². The van der Waals surface area contributed by atoms with Gasteiger partial charge in [0.05, 0.1) is 6.04 Å². The molecule has 0 saturated carbocycles. The molecule has 1 nitrogen and oxygen atoms in total. The third-order valence-electron chi connectivity index (χ3n) is 3.02. The van der Waals surface area contributed by atoms with Gasteiger partial charge in [0.25, 0.3) is 0 Å². The van der Waals surface area contributed by atoms with E-state index in [0.29, 0.717) is 6.04 Å². The fraction of sp³-hybridized carbons (Fsp3) is 0.412. The minimum absolute atomic E-state index is 0.321. The van der Waals surface area contributed by atoms with Crippen molar-refractivity contribution in [3.63, 3.8) is 0 Å². The monoisotopic (exact) mass is 243 g/mol. The third kappa shape index (κ3) is 4.50. The summed E-state index contributed by atoms with van der Waals surface area (Å²) in [6.07, 6.45) is 7.51. The largest absolute Gasteiger partial charge is 0.307 e. The van der Waals surface area contributed by atoms with E-state index < -0.39 is 0 Å². The first kappa shape index (κ1) is 14.7. The van der Waals surface area contributed by atoms with Gasteiger partial charge in [0, 0.05) is 0 Å². The van der Waals surface area contributed by atoms with E-state index in [-0.39, 0.29) is 0 Å². The Morgan fingerprint density at radius 2 is 1.94 bits per heavy atom. The van der Waals surface area contributed by atoms with Gasteiger partial charge >= 0.3 is 0 Å². The van der Waals surface area contributed by atoms with Gasteiger partial charge in [-0.3, -0.25) is 0 Å². The highest BCUT2D eigenvalue weighted by Gasteiger charge is 2.11. The van der Waals surface area contributed by atoms with Crippen LogP contribution in [0.4, 0.5) is 0 Å². The maximum Gasteiger partial charge on any atom is 0.0536 e. The quantitative estimate of drug-likeness (QED) is 0.722. The molecular weight excluding hydrogens is 218 g/mol. The van der Waals surface area contributed by atoms with E-state index in [0.717, 1.165) is 13.0 Å². The summed E-state index contributed by atoms with van der Waals surface area (Å²) in [5.41, 5.74) is 4.00. The molecule has 1 rings (SSSR count). The molecule has 0 aromatic heterocycles. The van der Waals surface area contributed by atoms with Gasteiger partial charge < -0.3 is 5.32 Å². The molecule has 1 atom stereocenters. The Morgan fingerprint density at radius 3 is 2.50 bits per heavy atom. The molecule has 1 unspecified atom stereocenters. The van der Waals surface area contributed by atoms with Crippen LogP contribution >= 0.6 is 0 Å². The summed E-state index contributed by atoms with van der Waals surface area (Å²) in [6.45, 7) is 9.60. The maximum atomic E-state index is 3.61. The summed E-state index contributed by atoms with van der Waals surface area (Å²) in [5, 5.41) is 3.61. The van der Waals surface area contributed by atoms with Crippen LogP contribution in [0.3, 0.4) is 0 Å². The van der Waals surface area contributed by atoms with E-state index in [9.17, 15) is 0 Å². The van der Waals surface area contributed by atoms with Gasteiger partial charge in [0.15, 0.2) is 0 Å². The summed E-state index contributed by atoms with van der Waals surface area (Å²) in [7, 11) is 0. The molecule has 0 radical (unpaired) electrons. The molecule has 0 aliphatic rings. The van der Waals surface area contributed by atoms with Crippen molar-refractivity contribution in [2.24, 2.45) is 0 Å². The Balaban J connectivity index is 2.93. The summed E-state index contributed by atoms with van der Waals surface area (Å²) in [5.74, 6) is 0. The van der Waals surface area contributed by atoms with Crippen molar-refractivity contribution in [3.05, 3.63) is 59.2 Å². The lowest BCUT2D eigenvalue weighted by Crippen LogP contribution is -2.23. The van der Waals surface area contributed by atoms with Crippen molar-refractivity contribution < 1.29 is 0 Å². The van der Waals surface area contributed by atoms with Crippen molar-refractivity contribution in [1.82, 2.24) is 5.32 Å². The van der Waals surface area contributed by atoms with E-state index in [1.54, 1.807) is 0 Å². The summed E-state index contributed by atoms with van der Waals surface area (Å²) >= 11 is 0. The smallest absolute Gasteiger partial charge is 0.0536 e. The fourth-order valence-corrected chi connectivity index (χ4v) is 1.93. The Morgan fingerprint density at radius 1 is 1.28 bits per heavy atom. The molecule has 0 saturated heterocycles. The highest BCUT2D eigenvalue weighted by Crippen LogP contribution is 2.22. The predicted molar refractivity (Wildman–Crippen MR) is 80.8 cm³/mol. The summed E-state index contributed by atoms with van der Waals surface area (Å²) in [6, 6.07) is 9.12. The second-order valence-corrected chi connectivity index (χ2v) is 4.73. The lowest BCUT2D eigenvalue weighted by molar-refractivity contribution is 0.590. The van der Waals surface area contributed by atoms with Gasteiger partial charge in [-0.2, -0.15) is 0 Å². The molecule has 0 aliphatic carbocycles. The van der Waals surface area contributed by atoms with Crippen LogP contribution < -0.4 is 5.32 Å². The lowest BCUT2D eigenvalue weighted by atomic mass is 9.98. The zero-order valence-electron chi connectivity index (χ0n) is 12.0. The molecule has 1 aromatic carbocycles. The van der Waals surface area contributed by atoms with Gasteiger partial charge in [-0.1, -0.05) is 60.6 Å². The number of rotatable bonds is 6. The van der Waals surface area contributed by atoms with Crippen molar-refractivity contribution in [3.8, 4) is 0 Å². The third-order valence-corrected chi connectivity index (χ3v) is 3.02. The normalized spacial score (nSPS) is 14.1. The molecule has 0 amide bonds. The minimum atomic E-state index is 0.321. The standard InChI is InChI=1S/C17H25N/c1-5-7-8-15(4)17(18-13-6-2)16-11-9-14(3)10-12-16/h5,7-12,17-18H,6,13H2,1-4H3/b7-5-,15-8+. The molecule has 0 fully saturated rings. The number of hydrogen-bond acceptors (Lipinski definition) is 1. The maximum absolute atomic E-state index is 3.61. The molecule has 18 heavy (non-hydrogen) atoms. The van der Waals surface area contributed by atoms with Crippen LogP contribution in [0, 0.1) is 6.92 Å². The van der Waals surface area contributed by atoms with Crippen LogP contribution in [-0.2, 0) is 0 Å². The molecule has 0 heterocycles. The van der Waals surface area contributed by atoms with Crippen LogP contribution in [0.1, 0.15) is 44.4 Å². The Bertz CT molecular complexity index is 398. The minimum Gasteiger partial charge on any atom is -0.307 e. The molecule has 98 valence electrons. The van der Waals surface area contributed by atoms with Crippen molar-refractivity contribution >= 4 is 0 Å². The van der Waals surface area contributed by atoms with Crippen LogP contribution in [0.5, 0.6) is 0 Å². The SMILES string of the molecule is C/C=C\C=C(/C)C(NCCC)c1ccc(C)cc1. The van der Waals surface area contributed by atoms with Gasteiger partial charge in [-0.15, -0.1) is 0 Å². The van der Waals surface area contributed by atoms with Crippen LogP contribution in [0.25, 0.3) is 0 Å². The van der Waals surface area contributed by atoms with Crippen molar-refractivity contribution in [2.45, 2.75) is 40.2 Å². The summed E-state index contributed by atoms with van der Waals surface area (Å²) in [4.78, 5) is 0. The predicted octanol–water partition coefficient (Wildman–Crippen LogP) is 4.56. The van der Waals surface area contributed by atoms with E-state index in [4.69, 9.17) is 0 Å². The molecule has 0 spiro atoms. The Hall–Kier alpha value is -1.34. The van der Waals surface area contributed by atoms with E-state index in [1.165, 1.54) is 16.7 Å². The fourth-order valence-electron chi connectivity index (χ4n) is 1.93. The van der Waals surface area contributed by atoms with Crippen LogP contribution in [0.2, 0.25) is 0 Å². The van der Waals surface area contributed by atoms with Crippen LogP contribution in [0.15, 0.2) is 48.1 Å². The molecule has 1 heteroatoms. The highest BCUT2D eigenvalue weighted by atomic mass is 14.9. The average molecular weight is 243 g/mol. The van der Waals surface area contributed by atoms with Gasteiger partial charge in [0.1, 0.15) is 0 Å². The first-order valence-corrected chi connectivity index (χ1v) is 6.78. The Kier molecular flexibility index (Phi) is 6.45. The van der Waals surface area contributed by atoms with Crippen molar-refractivity contribution in [2.75, 3.05) is 6.54 Å². The Labute approximate surface area is 112 Å². The summed E-state index contributed by atoms with van der Waals surface area (Å²) < 4.78 is 0. The molecular formula is C17H25N. The van der Waals surface area contributed by atoms with Gasteiger partial charge in [-0.05, 0) is 39.3 Å². The second kappa shape index (κ2) is 7.88. The van der Waals surface area contributed by atoms with Gasteiger partial charge in [0.2, 0.25) is 0 Å². The lowest BCUT2D eigenvalue weighted by Gasteiger charge is -2.20. The number of hydrogen-bond donors (Lipinski definition) is 1. The van der Waals surface area contributed by atoms with E-state index >= 15 is 0 Å².